The maximum absolute atomic E-state index is 6.20. The minimum Gasteiger partial charge on any atom is -0.195 e. The van der Waals surface area contributed by atoms with E-state index in [9.17, 15) is 0 Å². The highest BCUT2D eigenvalue weighted by Crippen LogP contribution is 2.39. The molecule has 17 heavy (non-hydrogen) atoms. The van der Waals surface area contributed by atoms with Crippen LogP contribution in [0.25, 0.3) is 16.4 Å². The zero-order valence-corrected chi connectivity index (χ0v) is 9.72. The van der Waals surface area contributed by atoms with Crippen LogP contribution in [0.2, 0.25) is 5.15 Å². The third kappa shape index (κ3) is 1.27. The van der Waals surface area contributed by atoms with Gasteiger partial charge in [0.25, 0.3) is 0 Å². The fourth-order valence-electron chi connectivity index (χ4n) is 2.15. The van der Waals surface area contributed by atoms with E-state index in [0.29, 0.717) is 11.1 Å². The zero-order valence-electron chi connectivity index (χ0n) is 8.97. The molecule has 2 aromatic heterocycles. The van der Waals surface area contributed by atoms with Gasteiger partial charge in [0.15, 0.2) is 16.6 Å². The average molecular weight is 245 g/mol. The van der Waals surface area contributed by atoms with Crippen molar-refractivity contribution in [2.45, 2.75) is 18.8 Å². The van der Waals surface area contributed by atoms with Gasteiger partial charge in [-0.05, 0) is 12.8 Å². The number of fused-ring (bicyclic) bond motifs is 3. The van der Waals surface area contributed by atoms with Gasteiger partial charge in [-0.1, -0.05) is 35.9 Å². The maximum Gasteiger partial charge on any atom is 0.185 e. The minimum absolute atomic E-state index is 0.509. The van der Waals surface area contributed by atoms with Gasteiger partial charge in [0.1, 0.15) is 0 Å². The molecular weight excluding hydrogens is 236 g/mol. The molecule has 1 aliphatic carbocycles. The fourth-order valence-corrected chi connectivity index (χ4v) is 2.39. The lowest BCUT2D eigenvalue weighted by Gasteiger charge is -2.02. The largest absolute Gasteiger partial charge is 0.195 e. The summed E-state index contributed by atoms with van der Waals surface area (Å²) in [5.74, 6) is 1.45. The van der Waals surface area contributed by atoms with Crippen molar-refractivity contribution in [3.8, 4) is 0 Å². The Labute approximate surface area is 102 Å². The van der Waals surface area contributed by atoms with Crippen molar-refractivity contribution < 1.29 is 0 Å². The van der Waals surface area contributed by atoms with E-state index >= 15 is 0 Å². The lowest BCUT2D eigenvalue weighted by molar-refractivity contribution is 0.819. The van der Waals surface area contributed by atoms with Crippen LogP contribution in [0.3, 0.4) is 0 Å². The highest BCUT2D eigenvalue weighted by molar-refractivity contribution is 6.34. The molecule has 0 saturated heterocycles. The van der Waals surface area contributed by atoms with E-state index in [-0.39, 0.29) is 0 Å². The number of aromatic nitrogens is 4. The second-order valence-electron chi connectivity index (χ2n) is 4.40. The van der Waals surface area contributed by atoms with Crippen molar-refractivity contribution in [3.63, 3.8) is 0 Å². The van der Waals surface area contributed by atoms with Gasteiger partial charge in [0.2, 0.25) is 0 Å². The highest BCUT2D eigenvalue weighted by Gasteiger charge is 2.29. The molecule has 1 fully saturated rings. The summed E-state index contributed by atoms with van der Waals surface area (Å²) in [6.07, 6.45) is 2.35. The molecule has 0 radical (unpaired) electrons. The average Bonchev–Trinajstić information content (AvgIpc) is 3.11. The summed E-state index contributed by atoms with van der Waals surface area (Å²) in [5, 5.41) is 15.3. The topological polar surface area (TPSA) is 43.1 Å². The summed E-state index contributed by atoms with van der Waals surface area (Å²) in [4.78, 5) is 0. The standard InChI is InChI=1S/C12H9ClN4/c13-10-8-3-1-2-4-9(8)12-15-14-11(7-5-6-7)17(12)16-10/h1-4,7H,5-6H2. The molecule has 0 atom stereocenters. The van der Waals surface area contributed by atoms with Gasteiger partial charge in [-0.2, -0.15) is 9.61 Å². The molecule has 4 nitrogen and oxygen atoms in total. The lowest BCUT2D eigenvalue weighted by atomic mass is 10.2. The van der Waals surface area contributed by atoms with Gasteiger partial charge in [-0.25, -0.2) is 0 Å². The zero-order chi connectivity index (χ0) is 11.4. The summed E-state index contributed by atoms with van der Waals surface area (Å²) in [5.41, 5.74) is 0.798. The Morgan fingerprint density at radius 2 is 1.88 bits per heavy atom. The van der Waals surface area contributed by atoms with Crippen LogP contribution in [0, 0.1) is 0 Å². The lowest BCUT2D eigenvalue weighted by Crippen LogP contribution is -1.98. The number of halogens is 1. The number of rotatable bonds is 1. The number of nitrogens with zero attached hydrogens (tertiary/aromatic N) is 4. The monoisotopic (exact) mass is 244 g/mol. The second-order valence-corrected chi connectivity index (χ2v) is 4.76. The second kappa shape index (κ2) is 3.17. The van der Waals surface area contributed by atoms with Crippen LogP contribution >= 0.6 is 11.6 Å². The molecule has 5 heteroatoms. The van der Waals surface area contributed by atoms with Crippen LogP contribution in [-0.4, -0.2) is 19.8 Å². The molecule has 0 amide bonds. The molecule has 4 rings (SSSR count). The molecule has 0 spiro atoms. The van der Waals surface area contributed by atoms with Gasteiger partial charge in [-0.3, -0.25) is 0 Å². The van der Waals surface area contributed by atoms with Crippen LogP contribution in [0.15, 0.2) is 24.3 Å². The summed E-state index contributed by atoms with van der Waals surface area (Å²) < 4.78 is 1.79. The Hall–Kier alpha value is -1.68. The highest BCUT2D eigenvalue weighted by atomic mass is 35.5. The molecule has 0 aliphatic heterocycles. The van der Waals surface area contributed by atoms with Crippen LogP contribution in [0.4, 0.5) is 0 Å². The molecule has 3 aromatic rings. The molecule has 0 bridgehead atoms. The van der Waals surface area contributed by atoms with E-state index in [1.54, 1.807) is 4.52 Å². The van der Waals surface area contributed by atoms with Gasteiger partial charge < -0.3 is 0 Å². The van der Waals surface area contributed by atoms with E-state index in [4.69, 9.17) is 11.6 Å². The van der Waals surface area contributed by atoms with E-state index < -0.39 is 0 Å². The molecular formula is C12H9ClN4. The Morgan fingerprint density at radius 1 is 1.12 bits per heavy atom. The van der Waals surface area contributed by atoms with Crippen molar-refractivity contribution in [1.29, 1.82) is 0 Å². The molecule has 1 saturated carbocycles. The first-order valence-corrected chi connectivity index (χ1v) is 6.02. The normalized spacial score (nSPS) is 15.8. The summed E-state index contributed by atoms with van der Waals surface area (Å²) >= 11 is 6.20. The molecule has 2 heterocycles. The van der Waals surface area contributed by atoms with Crippen molar-refractivity contribution in [2.24, 2.45) is 0 Å². The number of hydrogen-bond donors (Lipinski definition) is 0. The van der Waals surface area contributed by atoms with E-state index in [2.05, 4.69) is 15.3 Å². The van der Waals surface area contributed by atoms with E-state index in [1.165, 1.54) is 12.8 Å². The van der Waals surface area contributed by atoms with Crippen LogP contribution in [0.5, 0.6) is 0 Å². The van der Waals surface area contributed by atoms with Crippen molar-refractivity contribution in [2.75, 3.05) is 0 Å². The Bertz CT molecular complexity index is 730. The fraction of sp³-hybridized carbons (Fsp3) is 0.250. The van der Waals surface area contributed by atoms with Gasteiger partial charge >= 0.3 is 0 Å². The summed E-state index contributed by atoms with van der Waals surface area (Å²) in [6.45, 7) is 0. The van der Waals surface area contributed by atoms with Crippen molar-refractivity contribution in [1.82, 2.24) is 19.8 Å². The Kier molecular flexibility index (Phi) is 1.74. The van der Waals surface area contributed by atoms with Crippen molar-refractivity contribution in [3.05, 3.63) is 35.2 Å². The van der Waals surface area contributed by atoms with Gasteiger partial charge in [-0.15, -0.1) is 10.2 Å². The molecule has 84 valence electrons. The van der Waals surface area contributed by atoms with Gasteiger partial charge in [0, 0.05) is 16.7 Å². The maximum atomic E-state index is 6.20. The Morgan fingerprint density at radius 3 is 2.65 bits per heavy atom. The summed E-state index contributed by atoms with van der Waals surface area (Å²) in [6, 6.07) is 7.88. The molecule has 1 aliphatic rings. The van der Waals surface area contributed by atoms with Gasteiger partial charge in [0.05, 0.1) is 0 Å². The summed E-state index contributed by atoms with van der Waals surface area (Å²) in [7, 11) is 0. The van der Waals surface area contributed by atoms with Crippen LogP contribution < -0.4 is 0 Å². The SMILES string of the molecule is Clc1nn2c(C3CC3)nnc2c2ccccc12. The first-order valence-electron chi connectivity index (χ1n) is 5.64. The predicted molar refractivity (Wildman–Crippen MR) is 65.3 cm³/mol. The first kappa shape index (κ1) is 9.36. The van der Waals surface area contributed by atoms with Crippen molar-refractivity contribution >= 4 is 28.0 Å². The molecule has 0 N–H and O–H groups in total. The third-order valence-electron chi connectivity index (χ3n) is 3.19. The predicted octanol–water partition coefficient (Wildman–Crippen LogP) is 2.81. The quantitative estimate of drug-likeness (QED) is 0.661. The van der Waals surface area contributed by atoms with Crippen LogP contribution in [-0.2, 0) is 0 Å². The molecule has 0 unspecified atom stereocenters. The van der Waals surface area contributed by atoms with E-state index in [1.807, 2.05) is 24.3 Å². The number of hydrogen-bond acceptors (Lipinski definition) is 3. The van der Waals surface area contributed by atoms with Crippen LogP contribution in [0.1, 0.15) is 24.6 Å². The molecule has 1 aromatic carbocycles. The van der Waals surface area contributed by atoms with E-state index in [0.717, 1.165) is 22.2 Å². The number of benzene rings is 1. The smallest absolute Gasteiger partial charge is 0.185 e. The first-order chi connectivity index (χ1) is 8.34. The minimum atomic E-state index is 0.509. The third-order valence-corrected chi connectivity index (χ3v) is 3.46. The Balaban J connectivity index is 2.18.